The first kappa shape index (κ1) is 22.5. The zero-order chi connectivity index (χ0) is 24.4. The SMILES string of the molecule is O=C(OCc1noc(-c2ccccc2Cl)n1)[C@H](Cc1ccccc1)N1C(=O)c2ccccc2C1=O. The minimum Gasteiger partial charge on any atom is -0.456 e. The Morgan fingerprint density at radius 2 is 1.49 bits per heavy atom. The molecule has 0 N–H and O–H groups in total. The molecule has 0 spiro atoms. The Labute approximate surface area is 205 Å². The maximum atomic E-state index is 13.2. The molecule has 0 bridgehead atoms. The van der Waals surface area contributed by atoms with Crippen LogP contribution in [0.3, 0.4) is 0 Å². The Morgan fingerprint density at radius 1 is 0.886 bits per heavy atom. The van der Waals surface area contributed by atoms with Crippen LogP contribution in [0.4, 0.5) is 0 Å². The molecule has 1 aliphatic rings. The number of halogens is 1. The lowest BCUT2D eigenvalue weighted by molar-refractivity contribution is -0.150. The zero-order valence-corrected chi connectivity index (χ0v) is 19.0. The van der Waals surface area contributed by atoms with E-state index in [1.165, 1.54) is 0 Å². The highest BCUT2D eigenvalue weighted by Crippen LogP contribution is 2.28. The molecule has 2 heterocycles. The van der Waals surface area contributed by atoms with Gasteiger partial charge in [0.15, 0.2) is 6.61 Å². The molecule has 9 heteroatoms. The van der Waals surface area contributed by atoms with E-state index in [0.717, 1.165) is 10.5 Å². The molecule has 2 amide bonds. The van der Waals surface area contributed by atoms with Gasteiger partial charge in [-0.3, -0.25) is 14.5 Å². The number of hydrogen-bond donors (Lipinski definition) is 0. The van der Waals surface area contributed by atoms with Gasteiger partial charge in [0.25, 0.3) is 17.7 Å². The van der Waals surface area contributed by atoms with Gasteiger partial charge in [0, 0.05) is 6.42 Å². The molecule has 4 aromatic rings. The van der Waals surface area contributed by atoms with E-state index in [2.05, 4.69) is 10.1 Å². The quantitative estimate of drug-likeness (QED) is 0.282. The van der Waals surface area contributed by atoms with Crippen molar-refractivity contribution < 1.29 is 23.6 Å². The summed E-state index contributed by atoms with van der Waals surface area (Å²) in [5.74, 6) is -1.53. The van der Waals surface area contributed by atoms with Crippen LogP contribution in [0.5, 0.6) is 0 Å². The van der Waals surface area contributed by atoms with Crippen LogP contribution in [-0.4, -0.2) is 38.9 Å². The van der Waals surface area contributed by atoms with Crippen LogP contribution in [0, 0.1) is 0 Å². The van der Waals surface area contributed by atoms with Crippen molar-refractivity contribution in [1.29, 1.82) is 0 Å². The lowest BCUT2D eigenvalue weighted by Crippen LogP contribution is -2.47. The largest absolute Gasteiger partial charge is 0.456 e. The summed E-state index contributed by atoms with van der Waals surface area (Å²) in [7, 11) is 0. The van der Waals surface area contributed by atoms with Crippen LogP contribution in [-0.2, 0) is 22.6 Å². The molecule has 0 radical (unpaired) electrons. The van der Waals surface area contributed by atoms with Crippen molar-refractivity contribution in [3.63, 3.8) is 0 Å². The van der Waals surface area contributed by atoms with Crippen LogP contribution in [0.15, 0.2) is 83.4 Å². The first-order valence-corrected chi connectivity index (χ1v) is 11.2. The van der Waals surface area contributed by atoms with E-state index in [1.807, 2.05) is 30.3 Å². The molecule has 0 fully saturated rings. The average molecular weight is 488 g/mol. The van der Waals surface area contributed by atoms with Crippen molar-refractivity contribution in [2.45, 2.75) is 19.1 Å². The van der Waals surface area contributed by atoms with Gasteiger partial charge in [-0.1, -0.05) is 71.4 Å². The number of carbonyl (C=O) groups excluding carboxylic acids is 3. The molecule has 0 aliphatic carbocycles. The highest BCUT2D eigenvalue weighted by atomic mass is 35.5. The van der Waals surface area contributed by atoms with Crippen LogP contribution in [0.25, 0.3) is 11.5 Å². The van der Waals surface area contributed by atoms with Gasteiger partial charge in [0.2, 0.25) is 5.82 Å². The standard InChI is InChI=1S/C26H18ClN3O5/c27-20-13-7-6-12-19(20)23-28-22(29-35-23)15-34-26(33)21(14-16-8-2-1-3-9-16)30-24(31)17-10-4-5-11-18(17)25(30)32/h1-13,21H,14-15H2/t21-/m0/s1. The first-order valence-electron chi connectivity index (χ1n) is 10.8. The number of fused-ring (bicyclic) bond motifs is 1. The maximum absolute atomic E-state index is 13.2. The van der Waals surface area contributed by atoms with E-state index in [1.54, 1.807) is 48.5 Å². The summed E-state index contributed by atoms with van der Waals surface area (Å²) in [6, 6.07) is 21.4. The number of ether oxygens (including phenoxy) is 1. The summed E-state index contributed by atoms with van der Waals surface area (Å²) in [5, 5.41) is 4.28. The van der Waals surface area contributed by atoms with Gasteiger partial charge in [-0.15, -0.1) is 0 Å². The van der Waals surface area contributed by atoms with Gasteiger partial charge >= 0.3 is 5.97 Å². The average Bonchev–Trinajstić information content (AvgIpc) is 3.45. The first-order chi connectivity index (χ1) is 17.0. The number of carbonyl (C=O) groups is 3. The summed E-state index contributed by atoms with van der Waals surface area (Å²) in [6.45, 7) is -0.304. The highest BCUT2D eigenvalue weighted by Gasteiger charge is 2.43. The number of nitrogens with zero attached hydrogens (tertiary/aromatic N) is 3. The second kappa shape index (κ2) is 9.52. The van der Waals surface area contributed by atoms with Crippen molar-refractivity contribution in [3.8, 4) is 11.5 Å². The number of amides is 2. The maximum Gasteiger partial charge on any atom is 0.330 e. The molecule has 1 aliphatic heterocycles. The van der Waals surface area contributed by atoms with Gasteiger partial charge in [-0.2, -0.15) is 4.98 Å². The van der Waals surface area contributed by atoms with Crippen molar-refractivity contribution in [2.24, 2.45) is 0 Å². The minimum absolute atomic E-state index is 0.0995. The van der Waals surface area contributed by atoms with Crippen molar-refractivity contribution in [3.05, 3.63) is 106 Å². The van der Waals surface area contributed by atoms with E-state index in [-0.39, 0.29) is 35.9 Å². The predicted octanol–water partition coefficient (Wildman–Crippen LogP) is 4.34. The Morgan fingerprint density at radius 3 is 2.14 bits per heavy atom. The Hall–Kier alpha value is -4.30. The predicted molar refractivity (Wildman–Crippen MR) is 125 cm³/mol. The van der Waals surface area contributed by atoms with Gasteiger partial charge in [0.05, 0.1) is 21.7 Å². The fourth-order valence-electron chi connectivity index (χ4n) is 3.90. The summed E-state index contributed by atoms with van der Waals surface area (Å²) in [4.78, 5) is 44.5. The molecule has 8 nitrogen and oxygen atoms in total. The third kappa shape index (κ3) is 4.43. The normalized spacial score (nSPS) is 13.6. The number of rotatable bonds is 7. The smallest absolute Gasteiger partial charge is 0.330 e. The van der Waals surface area contributed by atoms with Gasteiger partial charge < -0.3 is 9.26 Å². The fraction of sp³-hybridized carbons (Fsp3) is 0.115. The van der Waals surface area contributed by atoms with E-state index in [9.17, 15) is 14.4 Å². The molecule has 0 unspecified atom stereocenters. The third-order valence-electron chi connectivity index (χ3n) is 5.60. The van der Waals surface area contributed by atoms with Gasteiger partial charge in [-0.05, 0) is 29.8 Å². The Kier molecular flexibility index (Phi) is 6.12. The second-order valence-electron chi connectivity index (χ2n) is 7.83. The van der Waals surface area contributed by atoms with E-state index >= 15 is 0 Å². The van der Waals surface area contributed by atoms with Crippen molar-refractivity contribution in [1.82, 2.24) is 15.0 Å². The minimum atomic E-state index is -1.17. The highest BCUT2D eigenvalue weighted by molar-refractivity contribution is 6.33. The number of benzene rings is 3. The van der Waals surface area contributed by atoms with Gasteiger partial charge in [-0.25, -0.2) is 4.79 Å². The lowest BCUT2D eigenvalue weighted by Gasteiger charge is -2.24. The molecule has 0 saturated carbocycles. The zero-order valence-electron chi connectivity index (χ0n) is 18.3. The molecule has 5 rings (SSSR count). The van der Waals surface area contributed by atoms with Crippen molar-refractivity contribution >= 4 is 29.4 Å². The number of imide groups is 1. The summed E-state index contributed by atoms with van der Waals surface area (Å²) >= 11 is 6.17. The van der Waals surface area contributed by atoms with Crippen LogP contribution >= 0.6 is 11.6 Å². The molecule has 1 aromatic heterocycles. The van der Waals surface area contributed by atoms with E-state index < -0.39 is 23.8 Å². The molecule has 174 valence electrons. The topological polar surface area (TPSA) is 103 Å². The molecule has 1 atom stereocenters. The molecular formula is C26H18ClN3O5. The number of hydrogen-bond acceptors (Lipinski definition) is 7. The van der Waals surface area contributed by atoms with Crippen LogP contribution in [0.1, 0.15) is 32.1 Å². The van der Waals surface area contributed by atoms with Crippen molar-refractivity contribution in [2.75, 3.05) is 0 Å². The summed E-state index contributed by atoms with van der Waals surface area (Å²) in [5.41, 5.74) is 1.83. The molecule has 35 heavy (non-hydrogen) atoms. The van der Waals surface area contributed by atoms with Crippen LogP contribution < -0.4 is 0 Å². The Balaban J connectivity index is 1.37. The summed E-state index contributed by atoms with van der Waals surface area (Å²) < 4.78 is 10.7. The van der Waals surface area contributed by atoms with E-state index in [0.29, 0.717) is 10.6 Å². The molecular weight excluding hydrogens is 470 g/mol. The number of esters is 1. The Bertz CT molecular complexity index is 1380. The fourth-order valence-corrected chi connectivity index (χ4v) is 4.11. The monoisotopic (exact) mass is 487 g/mol. The lowest BCUT2D eigenvalue weighted by atomic mass is 10.0. The molecule has 3 aromatic carbocycles. The second-order valence-corrected chi connectivity index (χ2v) is 8.24. The van der Waals surface area contributed by atoms with Crippen LogP contribution in [0.2, 0.25) is 5.02 Å². The van der Waals surface area contributed by atoms with Gasteiger partial charge in [0.1, 0.15) is 6.04 Å². The number of aromatic nitrogens is 2. The summed E-state index contributed by atoms with van der Waals surface area (Å²) in [6.07, 6.45) is 0.0995. The third-order valence-corrected chi connectivity index (χ3v) is 5.93. The van der Waals surface area contributed by atoms with E-state index in [4.69, 9.17) is 20.9 Å². The molecule has 0 saturated heterocycles.